The average Bonchev–Trinajstić information content (AvgIpc) is 2.74. The quantitative estimate of drug-likeness (QED) is 0.563. The van der Waals surface area contributed by atoms with E-state index in [9.17, 15) is 18.0 Å². The topological polar surface area (TPSA) is 92.3 Å². The van der Waals surface area contributed by atoms with Gasteiger partial charge >= 0.3 is 0 Å². The number of amides is 1. The number of sulfonamides is 1. The van der Waals surface area contributed by atoms with E-state index in [1.165, 1.54) is 37.4 Å². The lowest BCUT2D eigenvalue weighted by molar-refractivity contribution is 0.0961. The Morgan fingerprint density at radius 2 is 1.60 bits per heavy atom. The number of hydrogen-bond acceptors (Lipinski definition) is 4. The van der Waals surface area contributed by atoms with Crippen molar-refractivity contribution in [1.82, 2.24) is 5.32 Å². The molecule has 0 aliphatic heterocycles. The van der Waals surface area contributed by atoms with Crippen molar-refractivity contribution in [2.45, 2.75) is 11.8 Å². The summed E-state index contributed by atoms with van der Waals surface area (Å²) in [6, 6.07) is 17.1. The third-order valence-corrected chi connectivity index (χ3v) is 6.10. The van der Waals surface area contributed by atoms with E-state index in [1.54, 1.807) is 43.3 Å². The zero-order chi connectivity index (χ0) is 21.9. The maximum Gasteiger partial charge on any atom is 0.261 e. The molecule has 3 aromatic rings. The largest absolute Gasteiger partial charge is 0.355 e. The van der Waals surface area contributed by atoms with Crippen LogP contribution in [0.4, 0.5) is 5.69 Å². The molecule has 6 nitrogen and oxygen atoms in total. The van der Waals surface area contributed by atoms with Crippen LogP contribution in [0.3, 0.4) is 0 Å². The first-order valence-electron chi connectivity index (χ1n) is 8.98. The summed E-state index contributed by atoms with van der Waals surface area (Å²) in [7, 11) is -2.60. The van der Waals surface area contributed by atoms with Gasteiger partial charge in [0.25, 0.3) is 15.9 Å². The minimum absolute atomic E-state index is 0.0929. The molecule has 0 atom stereocenters. The van der Waals surface area contributed by atoms with Crippen LogP contribution in [-0.4, -0.2) is 27.2 Å². The molecule has 2 N–H and O–H groups in total. The standard InChI is InChI=1S/C22H19ClN2O4S/c1-14-8-10-17(13-18(14)22(27)24-2)30(28,29)25-20-11-9-16(23)12-19(20)21(26)15-6-4-3-5-7-15/h3-13,25H,1-2H3,(H,24,27). The third kappa shape index (κ3) is 4.53. The summed E-state index contributed by atoms with van der Waals surface area (Å²) in [5, 5.41) is 2.79. The highest BCUT2D eigenvalue weighted by molar-refractivity contribution is 7.92. The molecule has 0 radical (unpaired) electrons. The van der Waals surface area contributed by atoms with Gasteiger partial charge in [0.15, 0.2) is 5.78 Å². The van der Waals surface area contributed by atoms with Gasteiger partial charge in [-0.05, 0) is 42.8 Å². The van der Waals surface area contributed by atoms with E-state index < -0.39 is 15.9 Å². The first-order valence-corrected chi connectivity index (χ1v) is 10.8. The zero-order valence-corrected chi connectivity index (χ0v) is 17.8. The fourth-order valence-electron chi connectivity index (χ4n) is 2.89. The number of ketones is 1. The van der Waals surface area contributed by atoms with E-state index >= 15 is 0 Å². The molecule has 0 unspecified atom stereocenters. The third-order valence-electron chi connectivity index (χ3n) is 4.50. The van der Waals surface area contributed by atoms with E-state index in [0.29, 0.717) is 16.1 Å². The van der Waals surface area contributed by atoms with Gasteiger partial charge in [0.1, 0.15) is 0 Å². The Morgan fingerprint density at radius 3 is 2.27 bits per heavy atom. The summed E-state index contributed by atoms with van der Waals surface area (Å²) in [6.07, 6.45) is 0. The van der Waals surface area contributed by atoms with Gasteiger partial charge in [-0.15, -0.1) is 0 Å². The van der Waals surface area contributed by atoms with Crippen LogP contribution in [0.2, 0.25) is 5.02 Å². The van der Waals surface area contributed by atoms with Gasteiger partial charge in [-0.25, -0.2) is 8.42 Å². The number of carbonyl (C=O) groups excluding carboxylic acids is 2. The summed E-state index contributed by atoms with van der Waals surface area (Å²) < 4.78 is 28.4. The summed E-state index contributed by atoms with van der Waals surface area (Å²) in [5.41, 5.74) is 1.50. The molecule has 0 fully saturated rings. The molecule has 8 heteroatoms. The molecule has 0 heterocycles. The molecule has 1 amide bonds. The molecule has 154 valence electrons. The minimum Gasteiger partial charge on any atom is -0.355 e. The zero-order valence-electron chi connectivity index (χ0n) is 16.3. The lowest BCUT2D eigenvalue weighted by Gasteiger charge is -2.14. The molecule has 0 aliphatic rings. The van der Waals surface area contributed by atoms with Crippen molar-refractivity contribution in [2.75, 3.05) is 11.8 Å². The predicted octanol–water partition coefficient (Wildman–Crippen LogP) is 4.04. The Morgan fingerprint density at radius 1 is 0.900 bits per heavy atom. The second kappa shape index (κ2) is 8.69. The van der Waals surface area contributed by atoms with Gasteiger partial charge in [-0.1, -0.05) is 48.0 Å². The van der Waals surface area contributed by atoms with Crippen LogP contribution in [0.1, 0.15) is 31.8 Å². The fraction of sp³-hybridized carbons (Fsp3) is 0.0909. The summed E-state index contributed by atoms with van der Waals surface area (Å²) >= 11 is 6.05. The second-order valence-electron chi connectivity index (χ2n) is 6.55. The second-order valence-corrected chi connectivity index (χ2v) is 8.67. The van der Waals surface area contributed by atoms with Gasteiger partial charge in [0, 0.05) is 28.8 Å². The van der Waals surface area contributed by atoms with E-state index in [1.807, 2.05) is 0 Å². The first-order chi connectivity index (χ1) is 14.2. The molecule has 0 spiro atoms. The van der Waals surface area contributed by atoms with Crippen molar-refractivity contribution < 1.29 is 18.0 Å². The van der Waals surface area contributed by atoms with E-state index in [4.69, 9.17) is 11.6 Å². The fourth-order valence-corrected chi connectivity index (χ4v) is 4.17. The van der Waals surface area contributed by atoms with Crippen LogP contribution in [-0.2, 0) is 10.0 Å². The van der Waals surface area contributed by atoms with Crippen LogP contribution in [0, 0.1) is 6.92 Å². The Kier molecular flexibility index (Phi) is 6.24. The molecular weight excluding hydrogens is 424 g/mol. The van der Waals surface area contributed by atoms with E-state index in [-0.39, 0.29) is 27.5 Å². The van der Waals surface area contributed by atoms with Crippen molar-refractivity contribution >= 4 is 39.0 Å². The van der Waals surface area contributed by atoms with Crippen molar-refractivity contribution in [1.29, 1.82) is 0 Å². The summed E-state index contributed by atoms with van der Waals surface area (Å²) in [5.74, 6) is -0.762. The monoisotopic (exact) mass is 442 g/mol. The molecule has 0 saturated heterocycles. The molecular formula is C22H19ClN2O4S. The normalized spacial score (nSPS) is 11.0. The molecule has 0 bridgehead atoms. The number of halogens is 1. The highest BCUT2D eigenvalue weighted by Crippen LogP contribution is 2.27. The number of hydrogen-bond donors (Lipinski definition) is 2. The van der Waals surface area contributed by atoms with Crippen LogP contribution >= 0.6 is 11.6 Å². The Labute approximate surface area is 179 Å². The minimum atomic E-state index is -4.07. The molecule has 0 aromatic heterocycles. The Balaban J connectivity index is 2.02. The Bertz CT molecular complexity index is 1230. The van der Waals surface area contributed by atoms with Crippen molar-refractivity contribution in [3.8, 4) is 0 Å². The smallest absolute Gasteiger partial charge is 0.261 e. The van der Waals surface area contributed by atoms with Crippen LogP contribution < -0.4 is 10.0 Å². The van der Waals surface area contributed by atoms with E-state index in [0.717, 1.165) is 0 Å². The molecule has 3 aromatic carbocycles. The number of rotatable bonds is 6. The number of nitrogens with one attached hydrogen (secondary N) is 2. The predicted molar refractivity (Wildman–Crippen MR) is 117 cm³/mol. The highest BCUT2D eigenvalue weighted by Gasteiger charge is 2.21. The van der Waals surface area contributed by atoms with E-state index in [2.05, 4.69) is 10.0 Å². The Hall–Kier alpha value is -3.16. The molecule has 0 saturated carbocycles. The van der Waals surface area contributed by atoms with Gasteiger partial charge in [0.05, 0.1) is 10.6 Å². The first kappa shape index (κ1) is 21.5. The maximum atomic E-state index is 13.0. The van der Waals surface area contributed by atoms with Gasteiger partial charge in [-0.2, -0.15) is 0 Å². The summed E-state index contributed by atoms with van der Waals surface area (Å²) in [6.45, 7) is 1.71. The van der Waals surface area contributed by atoms with Gasteiger partial charge < -0.3 is 5.32 Å². The number of anilines is 1. The number of benzene rings is 3. The molecule has 30 heavy (non-hydrogen) atoms. The van der Waals surface area contributed by atoms with Gasteiger partial charge in [0.2, 0.25) is 0 Å². The van der Waals surface area contributed by atoms with Crippen LogP contribution in [0.15, 0.2) is 71.6 Å². The van der Waals surface area contributed by atoms with Crippen molar-refractivity contribution in [2.24, 2.45) is 0 Å². The molecule has 0 aliphatic carbocycles. The number of carbonyl (C=O) groups is 2. The highest BCUT2D eigenvalue weighted by atomic mass is 35.5. The number of aryl methyl sites for hydroxylation is 1. The van der Waals surface area contributed by atoms with Crippen molar-refractivity contribution in [3.05, 3.63) is 94.0 Å². The van der Waals surface area contributed by atoms with Crippen LogP contribution in [0.25, 0.3) is 0 Å². The van der Waals surface area contributed by atoms with Crippen LogP contribution in [0.5, 0.6) is 0 Å². The lowest BCUT2D eigenvalue weighted by Crippen LogP contribution is -2.21. The molecule has 3 rings (SSSR count). The lowest BCUT2D eigenvalue weighted by atomic mass is 10.0. The van der Waals surface area contributed by atoms with Gasteiger partial charge in [-0.3, -0.25) is 14.3 Å². The summed E-state index contributed by atoms with van der Waals surface area (Å²) in [4.78, 5) is 24.8. The van der Waals surface area contributed by atoms with Crippen molar-refractivity contribution in [3.63, 3.8) is 0 Å². The maximum absolute atomic E-state index is 13.0. The average molecular weight is 443 g/mol. The SMILES string of the molecule is CNC(=O)c1cc(S(=O)(=O)Nc2ccc(Cl)cc2C(=O)c2ccccc2)ccc1C.